The number of sulfone groups is 1. The van der Waals surface area contributed by atoms with Crippen molar-refractivity contribution in [2.75, 3.05) is 18.6 Å². The van der Waals surface area contributed by atoms with Gasteiger partial charge in [0.2, 0.25) is 0 Å². The van der Waals surface area contributed by atoms with Gasteiger partial charge >= 0.3 is 0 Å². The van der Waals surface area contributed by atoms with Crippen LogP contribution in [0, 0.1) is 17.8 Å². The first-order valence-electron chi connectivity index (χ1n) is 8.22. The minimum absolute atomic E-state index is 0.0319. The molecule has 5 rings (SSSR count). The summed E-state index contributed by atoms with van der Waals surface area (Å²) in [6.07, 6.45) is 8.01. The molecular weight excluding hydrogens is 306 g/mol. The number of rotatable bonds is 3. The van der Waals surface area contributed by atoms with E-state index in [1.54, 1.807) is 0 Å². The molecule has 0 unspecified atom stereocenters. The predicted octanol–water partition coefficient (Wildman–Crippen LogP) is 1.74. The van der Waals surface area contributed by atoms with Gasteiger partial charge in [-0.3, -0.25) is 0 Å². The summed E-state index contributed by atoms with van der Waals surface area (Å²) in [7, 11) is -2.04. The molecule has 120 valence electrons. The Labute approximate surface area is 130 Å². The number of hydrogen-bond donors (Lipinski definition) is 0. The third-order valence-corrected chi connectivity index (χ3v) is 10.1. The molecule has 4 aliphatic carbocycles. The third kappa shape index (κ3) is 2.41. The zero-order valence-corrected chi connectivity index (χ0v) is 14.3. The number of nitrogens with zero attached hydrogens (tertiary/aromatic N) is 1. The highest BCUT2D eigenvalue weighted by Crippen LogP contribution is 2.58. The molecule has 0 aromatic carbocycles. The van der Waals surface area contributed by atoms with E-state index in [1.165, 1.54) is 19.3 Å². The fraction of sp³-hybridized carbons (Fsp3) is 1.00. The maximum atomic E-state index is 13.2. The van der Waals surface area contributed by atoms with E-state index in [0.29, 0.717) is 6.42 Å². The van der Waals surface area contributed by atoms with E-state index >= 15 is 0 Å². The van der Waals surface area contributed by atoms with Crippen LogP contribution in [-0.4, -0.2) is 46.3 Å². The molecule has 0 N–H and O–H groups in total. The van der Waals surface area contributed by atoms with Crippen molar-refractivity contribution in [3.05, 3.63) is 0 Å². The summed E-state index contributed by atoms with van der Waals surface area (Å²) in [4.78, 5) is 0. The summed E-state index contributed by atoms with van der Waals surface area (Å²) < 4.78 is 38.5. The van der Waals surface area contributed by atoms with Crippen molar-refractivity contribution in [2.24, 2.45) is 17.8 Å². The normalized spacial score (nSPS) is 48.9. The van der Waals surface area contributed by atoms with Crippen molar-refractivity contribution in [1.82, 2.24) is 4.31 Å². The van der Waals surface area contributed by atoms with Gasteiger partial charge in [-0.15, -0.1) is 0 Å². The molecule has 4 nitrogen and oxygen atoms in total. The van der Waals surface area contributed by atoms with Crippen LogP contribution in [0.3, 0.4) is 0 Å². The molecule has 1 saturated heterocycles. The molecule has 5 fully saturated rings. The summed E-state index contributed by atoms with van der Waals surface area (Å²) in [5.74, 6) is 2.80. The second-order valence-electron chi connectivity index (χ2n) is 7.95. The van der Waals surface area contributed by atoms with Crippen molar-refractivity contribution in [3.8, 4) is 0 Å². The molecule has 6 heteroatoms. The molecule has 4 bridgehead atoms. The van der Waals surface area contributed by atoms with E-state index in [9.17, 15) is 12.6 Å². The Morgan fingerprint density at radius 2 is 1.57 bits per heavy atom. The lowest BCUT2D eigenvalue weighted by atomic mass is 9.56. The average Bonchev–Trinajstić information content (AvgIpc) is 2.76. The van der Waals surface area contributed by atoms with Gasteiger partial charge in [-0.1, -0.05) is 0 Å². The zero-order chi connectivity index (χ0) is 14.8. The van der Waals surface area contributed by atoms with Crippen LogP contribution in [0.5, 0.6) is 0 Å². The minimum atomic E-state index is -2.91. The summed E-state index contributed by atoms with van der Waals surface area (Å²) in [5.41, 5.74) is 0. The van der Waals surface area contributed by atoms with Gasteiger partial charge in [0.25, 0.3) is 0 Å². The van der Waals surface area contributed by atoms with E-state index in [2.05, 4.69) is 0 Å². The SMILES string of the molecule is CN([C@@H]1CCS(=O)(=O)C1)[S@@](=O)C12CC3CC(CC(C3)C1)C2. The topological polar surface area (TPSA) is 54.5 Å². The lowest BCUT2D eigenvalue weighted by Gasteiger charge is -2.56. The van der Waals surface area contributed by atoms with E-state index < -0.39 is 20.8 Å². The van der Waals surface area contributed by atoms with Gasteiger partial charge in [0.1, 0.15) is 11.0 Å². The van der Waals surface area contributed by atoms with Crippen LogP contribution in [0.15, 0.2) is 0 Å². The van der Waals surface area contributed by atoms with E-state index in [4.69, 9.17) is 0 Å². The van der Waals surface area contributed by atoms with Gasteiger partial charge < -0.3 is 0 Å². The Hall–Kier alpha value is 0.0600. The van der Waals surface area contributed by atoms with Crippen molar-refractivity contribution >= 4 is 20.8 Å². The summed E-state index contributed by atoms with van der Waals surface area (Å²) >= 11 is 0. The van der Waals surface area contributed by atoms with Gasteiger partial charge in [0, 0.05) is 13.1 Å². The Morgan fingerprint density at radius 3 is 2.00 bits per heavy atom. The molecule has 0 aromatic rings. The standard InChI is InChI=1S/C15H25NO3S2/c1-16(14-2-3-21(18,19)10-14)20(17)15-7-11-4-12(8-15)6-13(5-11)9-15/h11-14H,2-10H2,1H3/t11?,12?,13?,14-,15?,20+/m1/s1. The fourth-order valence-corrected chi connectivity index (χ4v) is 9.81. The second kappa shape index (κ2) is 4.78. The molecule has 0 radical (unpaired) electrons. The lowest BCUT2D eigenvalue weighted by Crippen LogP contribution is -2.56. The highest BCUT2D eigenvalue weighted by atomic mass is 32.2. The molecule has 21 heavy (non-hydrogen) atoms. The summed E-state index contributed by atoms with van der Waals surface area (Å²) in [5, 5.41) is 0. The average molecular weight is 332 g/mol. The highest BCUT2D eigenvalue weighted by molar-refractivity contribution is 7.91. The van der Waals surface area contributed by atoms with Gasteiger partial charge in [-0.25, -0.2) is 16.9 Å². The molecule has 1 heterocycles. The maximum absolute atomic E-state index is 13.2. The van der Waals surface area contributed by atoms with Gasteiger partial charge in [0.15, 0.2) is 9.84 Å². The molecule has 1 aliphatic heterocycles. The molecule has 0 spiro atoms. The second-order valence-corrected chi connectivity index (χ2v) is 12.1. The molecule has 4 saturated carbocycles. The smallest absolute Gasteiger partial charge is 0.151 e. The lowest BCUT2D eigenvalue weighted by molar-refractivity contribution is 0.0339. The monoisotopic (exact) mass is 331 g/mol. The Bertz CT molecular complexity index is 536. The van der Waals surface area contributed by atoms with Crippen LogP contribution >= 0.6 is 0 Å². The first kappa shape index (κ1) is 14.6. The summed E-state index contributed by atoms with van der Waals surface area (Å²) in [6.45, 7) is 0. The predicted molar refractivity (Wildman–Crippen MR) is 83.9 cm³/mol. The zero-order valence-electron chi connectivity index (χ0n) is 12.7. The fourth-order valence-electron chi connectivity index (χ4n) is 5.75. The van der Waals surface area contributed by atoms with Crippen LogP contribution in [0.2, 0.25) is 0 Å². The van der Waals surface area contributed by atoms with Crippen molar-refractivity contribution in [1.29, 1.82) is 0 Å². The first-order chi connectivity index (χ1) is 9.87. The highest BCUT2D eigenvalue weighted by Gasteiger charge is 2.55. The largest absolute Gasteiger partial charge is 0.242 e. The molecule has 0 aromatic heterocycles. The maximum Gasteiger partial charge on any atom is 0.151 e. The van der Waals surface area contributed by atoms with Crippen molar-refractivity contribution < 1.29 is 12.6 Å². The van der Waals surface area contributed by atoms with E-state index in [1.807, 2.05) is 11.4 Å². The van der Waals surface area contributed by atoms with Crippen molar-refractivity contribution in [3.63, 3.8) is 0 Å². The van der Waals surface area contributed by atoms with E-state index in [-0.39, 0.29) is 22.3 Å². The Balaban J connectivity index is 1.54. The van der Waals surface area contributed by atoms with Gasteiger partial charge in [-0.05, 0) is 62.7 Å². The van der Waals surface area contributed by atoms with E-state index in [0.717, 1.165) is 37.0 Å². The summed E-state index contributed by atoms with van der Waals surface area (Å²) in [6, 6.07) is -0.0381. The molecule has 2 atom stereocenters. The van der Waals surface area contributed by atoms with Gasteiger partial charge in [0.05, 0.1) is 16.3 Å². The van der Waals surface area contributed by atoms with Crippen LogP contribution in [-0.2, 0) is 20.8 Å². The van der Waals surface area contributed by atoms with Gasteiger partial charge in [-0.2, -0.15) is 0 Å². The molecule has 5 aliphatic rings. The van der Waals surface area contributed by atoms with Crippen LogP contribution in [0.1, 0.15) is 44.9 Å². The minimum Gasteiger partial charge on any atom is -0.242 e. The van der Waals surface area contributed by atoms with Crippen LogP contribution in [0.4, 0.5) is 0 Å². The van der Waals surface area contributed by atoms with Crippen LogP contribution < -0.4 is 0 Å². The molecular formula is C15H25NO3S2. The Morgan fingerprint density at radius 1 is 1.05 bits per heavy atom. The Kier molecular flexibility index (Phi) is 3.33. The van der Waals surface area contributed by atoms with Crippen molar-refractivity contribution in [2.45, 2.75) is 55.7 Å². The third-order valence-electron chi connectivity index (χ3n) is 6.34. The molecule has 0 amide bonds. The first-order valence-corrected chi connectivity index (χ1v) is 11.1. The number of hydrogen-bond acceptors (Lipinski definition) is 3. The van der Waals surface area contributed by atoms with Crippen LogP contribution in [0.25, 0.3) is 0 Å². The quantitative estimate of drug-likeness (QED) is 0.791.